The number of nitrogens with one attached hydrogen (secondary N) is 1. The van der Waals surface area contributed by atoms with Crippen LogP contribution in [-0.4, -0.2) is 18.2 Å². The van der Waals surface area contributed by atoms with Crippen molar-refractivity contribution in [3.05, 3.63) is 77.1 Å². The van der Waals surface area contributed by atoms with Gasteiger partial charge in [-0.15, -0.1) is 0 Å². The molecule has 0 spiro atoms. The summed E-state index contributed by atoms with van der Waals surface area (Å²) >= 11 is 0. The second-order valence-corrected chi connectivity index (χ2v) is 7.55. The second-order valence-electron chi connectivity index (χ2n) is 5.87. The molecule has 26 heavy (non-hydrogen) atoms. The van der Waals surface area contributed by atoms with Crippen LogP contribution >= 0.6 is 0 Å². The molecule has 3 aromatic rings. The van der Waals surface area contributed by atoms with Crippen molar-refractivity contribution in [2.45, 2.75) is 25.3 Å². The number of sulfonamides is 1. The molecule has 2 aromatic carbocycles. The van der Waals surface area contributed by atoms with Crippen LogP contribution in [0.2, 0.25) is 0 Å². The zero-order chi connectivity index (χ0) is 18.9. The van der Waals surface area contributed by atoms with E-state index >= 15 is 0 Å². The number of benzene rings is 2. The molecule has 0 aliphatic rings. The fraction of sp³-hybridized carbons (Fsp3) is 0.167. The highest BCUT2D eigenvalue weighted by molar-refractivity contribution is 7.92. The first-order valence-corrected chi connectivity index (χ1v) is 9.32. The van der Waals surface area contributed by atoms with E-state index in [1.165, 1.54) is 0 Å². The number of anilines is 1. The van der Waals surface area contributed by atoms with E-state index in [2.05, 4.69) is 9.82 Å². The molecule has 0 unspecified atom stereocenters. The van der Waals surface area contributed by atoms with Gasteiger partial charge in [-0.25, -0.2) is 17.2 Å². The predicted molar refractivity (Wildman–Crippen MR) is 94.4 cm³/mol. The number of nitrogens with zero attached hydrogens (tertiary/aromatic N) is 2. The quantitative estimate of drug-likeness (QED) is 0.739. The van der Waals surface area contributed by atoms with Crippen molar-refractivity contribution in [1.29, 1.82) is 0 Å². The van der Waals surface area contributed by atoms with Gasteiger partial charge in [0.15, 0.2) is 11.6 Å². The van der Waals surface area contributed by atoms with Crippen LogP contribution in [0.15, 0.2) is 53.4 Å². The zero-order valence-electron chi connectivity index (χ0n) is 14.2. The molecule has 1 heterocycles. The molecule has 0 saturated carbocycles. The van der Waals surface area contributed by atoms with Crippen LogP contribution < -0.4 is 4.72 Å². The van der Waals surface area contributed by atoms with Gasteiger partial charge in [-0.2, -0.15) is 5.10 Å². The van der Waals surface area contributed by atoms with E-state index in [9.17, 15) is 17.2 Å². The standard InChI is InChI=1S/C18H17F2N3O2S/c1-12-18(13(2)23(21-12)11-14-6-4-3-5-7-14)22-26(24,25)15-8-9-16(19)17(20)10-15/h3-10,22H,11H2,1-2H3. The summed E-state index contributed by atoms with van der Waals surface area (Å²) in [6.45, 7) is 3.91. The molecule has 0 fully saturated rings. The zero-order valence-corrected chi connectivity index (χ0v) is 15.0. The Kier molecular flexibility index (Phi) is 4.78. The number of hydrogen-bond acceptors (Lipinski definition) is 3. The third-order valence-electron chi connectivity index (χ3n) is 3.99. The molecule has 0 saturated heterocycles. The number of rotatable bonds is 5. The van der Waals surface area contributed by atoms with E-state index in [1.54, 1.807) is 18.5 Å². The number of aromatic nitrogens is 2. The molecule has 0 aliphatic carbocycles. The lowest BCUT2D eigenvalue weighted by Crippen LogP contribution is -2.14. The van der Waals surface area contributed by atoms with Gasteiger partial charge in [-0.1, -0.05) is 30.3 Å². The normalized spacial score (nSPS) is 11.5. The minimum atomic E-state index is -4.07. The van der Waals surface area contributed by atoms with Gasteiger partial charge in [-0.05, 0) is 37.6 Å². The molecule has 0 amide bonds. The van der Waals surface area contributed by atoms with Gasteiger partial charge < -0.3 is 0 Å². The smallest absolute Gasteiger partial charge is 0.262 e. The third-order valence-corrected chi connectivity index (χ3v) is 5.34. The summed E-state index contributed by atoms with van der Waals surface area (Å²) in [4.78, 5) is -0.356. The Labute approximate surface area is 150 Å². The van der Waals surface area contributed by atoms with E-state index in [-0.39, 0.29) is 4.90 Å². The fourth-order valence-electron chi connectivity index (χ4n) is 2.59. The Morgan fingerprint density at radius 3 is 2.38 bits per heavy atom. The van der Waals surface area contributed by atoms with Crippen LogP contribution in [0.25, 0.3) is 0 Å². The Morgan fingerprint density at radius 1 is 1.04 bits per heavy atom. The molecule has 8 heteroatoms. The molecule has 136 valence electrons. The minimum Gasteiger partial charge on any atom is -0.276 e. The van der Waals surface area contributed by atoms with E-state index < -0.39 is 21.7 Å². The van der Waals surface area contributed by atoms with Crippen molar-refractivity contribution in [3.8, 4) is 0 Å². The summed E-state index contributed by atoms with van der Waals surface area (Å²) in [5.41, 5.74) is 2.46. The van der Waals surface area contributed by atoms with E-state index in [1.807, 2.05) is 30.3 Å². The average Bonchev–Trinajstić information content (AvgIpc) is 2.85. The molecule has 0 aliphatic heterocycles. The predicted octanol–water partition coefficient (Wildman–Crippen LogP) is 3.63. The Balaban J connectivity index is 1.91. The molecule has 5 nitrogen and oxygen atoms in total. The lowest BCUT2D eigenvalue weighted by atomic mass is 10.2. The Bertz CT molecular complexity index is 1050. The highest BCUT2D eigenvalue weighted by Gasteiger charge is 2.21. The van der Waals surface area contributed by atoms with E-state index in [4.69, 9.17) is 0 Å². The first kappa shape index (κ1) is 18.1. The Hall–Kier alpha value is -2.74. The minimum absolute atomic E-state index is 0.325. The first-order valence-electron chi connectivity index (χ1n) is 7.84. The topological polar surface area (TPSA) is 64.0 Å². The maximum absolute atomic E-state index is 13.4. The van der Waals surface area contributed by atoms with Gasteiger partial charge in [-0.3, -0.25) is 9.40 Å². The monoisotopic (exact) mass is 377 g/mol. The summed E-state index contributed by atoms with van der Waals surface area (Å²) in [6.07, 6.45) is 0. The third kappa shape index (κ3) is 3.60. The summed E-state index contributed by atoms with van der Waals surface area (Å²) in [5.74, 6) is -2.33. The summed E-state index contributed by atoms with van der Waals surface area (Å²) in [6, 6.07) is 12.1. The van der Waals surface area contributed by atoms with Gasteiger partial charge >= 0.3 is 0 Å². The number of aryl methyl sites for hydroxylation is 1. The van der Waals surface area contributed by atoms with Gasteiger partial charge in [0.25, 0.3) is 10.0 Å². The Morgan fingerprint density at radius 2 is 1.73 bits per heavy atom. The van der Waals surface area contributed by atoms with Gasteiger partial charge in [0.2, 0.25) is 0 Å². The first-order chi connectivity index (χ1) is 12.3. The van der Waals surface area contributed by atoms with Crippen molar-refractivity contribution in [3.63, 3.8) is 0 Å². The summed E-state index contributed by atoms with van der Waals surface area (Å²) in [5, 5.41) is 4.37. The van der Waals surface area contributed by atoms with Crippen molar-refractivity contribution in [2.24, 2.45) is 0 Å². The summed E-state index contributed by atoms with van der Waals surface area (Å²) in [7, 11) is -4.07. The molecule has 3 rings (SSSR count). The maximum Gasteiger partial charge on any atom is 0.262 e. The molecule has 1 aromatic heterocycles. The lowest BCUT2D eigenvalue weighted by molar-refractivity contribution is 0.504. The van der Waals surface area contributed by atoms with Gasteiger partial charge in [0, 0.05) is 0 Å². The molecular formula is C18H17F2N3O2S. The molecule has 0 radical (unpaired) electrons. The fourth-order valence-corrected chi connectivity index (χ4v) is 3.78. The average molecular weight is 377 g/mol. The van der Waals surface area contributed by atoms with Crippen molar-refractivity contribution >= 4 is 15.7 Å². The summed E-state index contributed by atoms with van der Waals surface area (Å²) < 4.78 is 55.5. The largest absolute Gasteiger partial charge is 0.276 e. The maximum atomic E-state index is 13.4. The van der Waals surface area contributed by atoms with Crippen molar-refractivity contribution in [1.82, 2.24) is 9.78 Å². The lowest BCUT2D eigenvalue weighted by Gasteiger charge is -2.09. The highest BCUT2D eigenvalue weighted by Crippen LogP contribution is 2.24. The number of hydrogen-bond donors (Lipinski definition) is 1. The van der Waals surface area contributed by atoms with Crippen LogP contribution in [-0.2, 0) is 16.6 Å². The van der Waals surface area contributed by atoms with Crippen LogP contribution in [0, 0.1) is 25.5 Å². The molecule has 1 N–H and O–H groups in total. The van der Waals surface area contributed by atoms with Crippen molar-refractivity contribution in [2.75, 3.05) is 4.72 Å². The highest BCUT2D eigenvalue weighted by atomic mass is 32.2. The molecular weight excluding hydrogens is 360 g/mol. The van der Waals surface area contributed by atoms with Crippen LogP contribution in [0.4, 0.5) is 14.5 Å². The number of halogens is 2. The van der Waals surface area contributed by atoms with E-state index in [0.717, 1.165) is 17.7 Å². The van der Waals surface area contributed by atoms with E-state index in [0.29, 0.717) is 29.7 Å². The van der Waals surface area contributed by atoms with Crippen LogP contribution in [0.3, 0.4) is 0 Å². The van der Waals surface area contributed by atoms with Crippen LogP contribution in [0.5, 0.6) is 0 Å². The van der Waals surface area contributed by atoms with Gasteiger partial charge in [0.1, 0.15) is 0 Å². The second kappa shape index (κ2) is 6.87. The molecule has 0 atom stereocenters. The van der Waals surface area contributed by atoms with Crippen molar-refractivity contribution < 1.29 is 17.2 Å². The van der Waals surface area contributed by atoms with Crippen LogP contribution in [0.1, 0.15) is 17.0 Å². The SMILES string of the molecule is Cc1nn(Cc2ccccc2)c(C)c1NS(=O)(=O)c1ccc(F)c(F)c1. The van der Waals surface area contributed by atoms with Gasteiger partial charge in [0.05, 0.1) is 28.5 Å². The molecule has 0 bridgehead atoms.